The number of aliphatic imine (C=N–C) groups is 2. The van der Waals surface area contributed by atoms with E-state index in [4.69, 9.17) is 38.1 Å². The number of halogens is 2. The molecule has 0 amide bonds. The molecule has 0 unspecified atom stereocenters. The fraction of sp³-hybridized carbons (Fsp3) is 0.389. The average Bonchev–Trinajstić information content (AvgIpc) is 2.57. The molecule has 7 nitrogen and oxygen atoms in total. The first-order chi connectivity index (χ1) is 12.8. The van der Waals surface area contributed by atoms with E-state index in [9.17, 15) is 0 Å². The maximum absolute atomic E-state index is 8.22. The van der Waals surface area contributed by atoms with Gasteiger partial charge in [-0.1, -0.05) is 29.3 Å². The van der Waals surface area contributed by atoms with Gasteiger partial charge in [0.2, 0.25) is 5.96 Å². The van der Waals surface area contributed by atoms with Gasteiger partial charge >= 0.3 is 0 Å². The SMILES string of the molecule is COCC(COC)NC1=NC(C)=N/C(=C(/C(C)=N)c2ccc(Cl)cc2Cl)N1. The lowest BCUT2D eigenvalue weighted by Crippen LogP contribution is -2.48. The number of hydrogen-bond acceptors (Lipinski definition) is 7. The fourth-order valence-electron chi connectivity index (χ4n) is 2.63. The molecule has 0 atom stereocenters. The highest BCUT2D eigenvalue weighted by atomic mass is 35.5. The molecule has 0 bridgehead atoms. The molecule has 0 fully saturated rings. The third kappa shape index (κ3) is 5.77. The summed E-state index contributed by atoms with van der Waals surface area (Å²) in [5.74, 6) is 1.53. The zero-order valence-corrected chi connectivity index (χ0v) is 17.2. The highest BCUT2D eigenvalue weighted by Gasteiger charge is 2.21. The molecule has 1 heterocycles. The third-order valence-corrected chi connectivity index (χ3v) is 4.22. The van der Waals surface area contributed by atoms with Gasteiger partial charge in [-0.05, 0) is 26.0 Å². The number of benzene rings is 1. The monoisotopic (exact) mass is 411 g/mol. The van der Waals surface area contributed by atoms with Crippen LogP contribution in [0.3, 0.4) is 0 Å². The van der Waals surface area contributed by atoms with Gasteiger partial charge in [-0.25, -0.2) is 4.99 Å². The van der Waals surface area contributed by atoms with Crippen LogP contribution >= 0.6 is 23.2 Å². The third-order valence-electron chi connectivity index (χ3n) is 3.67. The first-order valence-corrected chi connectivity index (χ1v) is 9.02. The van der Waals surface area contributed by atoms with Gasteiger partial charge in [0.25, 0.3) is 0 Å². The highest BCUT2D eigenvalue weighted by Crippen LogP contribution is 2.30. The van der Waals surface area contributed by atoms with E-state index in [1.807, 2.05) is 0 Å². The van der Waals surface area contributed by atoms with E-state index in [-0.39, 0.29) is 6.04 Å². The van der Waals surface area contributed by atoms with Crippen molar-refractivity contribution in [3.05, 3.63) is 39.6 Å². The van der Waals surface area contributed by atoms with Crippen LogP contribution in [-0.2, 0) is 9.47 Å². The van der Waals surface area contributed by atoms with Crippen molar-refractivity contribution in [3.63, 3.8) is 0 Å². The van der Waals surface area contributed by atoms with Crippen molar-refractivity contribution in [2.24, 2.45) is 9.98 Å². The molecule has 1 aromatic carbocycles. The van der Waals surface area contributed by atoms with Crippen molar-refractivity contribution >= 4 is 46.3 Å². The zero-order chi connectivity index (χ0) is 20.0. The van der Waals surface area contributed by atoms with Crippen molar-refractivity contribution in [1.82, 2.24) is 10.6 Å². The van der Waals surface area contributed by atoms with Crippen molar-refractivity contribution in [1.29, 1.82) is 5.41 Å². The summed E-state index contributed by atoms with van der Waals surface area (Å²) < 4.78 is 10.4. The second-order valence-corrected chi connectivity index (χ2v) is 6.81. The Labute approximate surface area is 169 Å². The Kier molecular flexibility index (Phi) is 7.79. The van der Waals surface area contributed by atoms with Crippen molar-refractivity contribution in [3.8, 4) is 0 Å². The number of nitrogens with one attached hydrogen (secondary N) is 3. The molecule has 9 heteroatoms. The summed E-state index contributed by atoms with van der Waals surface area (Å²) in [7, 11) is 3.25. The molecule has 0 spiro atoms. The molecule has 2 rings (SSSR count). The lowest BCUT2D eigenvalue weighted by Gasteiger charge is -2.24. The molecule has 3 N–H and O–H groups in total. The van der Waals surface area contributed by atoms with Crippen LogP contribution in [0.1, 0.15) is 19.4 Å². The van der Waals surface area contributed by atoms with Crippen LogP contribution in [0, 0.1) is 5.41 Å². The molecule has 0 saturated carbocycles. The molecule has 0 aromatic heterocycles. The standard InChI is InChI=1S/C18H23Cl2N5O2/c1-10(21)16(14-6-5-12(19)7-15(14)20)17-22-11(2)23-18(25-17)24-13(8-26-3)9-27-4/h5-7,13,21H,8-9H2,1-4H3,(H2,22,23,24,25)/b17-16+,21-10?. The van der Waals surface area contributed by atoms with Crippen LogP contribution in [-0.4, -0.2) is 51.0 Å². The van der Waals surface area contributed by atoms with E-state index < -0.39 is 0 Å². The fourth-order valence-corrected chi connectivity index (χ4v) is 3.13. The predicted molar refractivity (Wildman–Crippen MR) is 111 cm³/mol. The van der Waals surface area contributed by atoms with Gasteiger partial charge in [-0.2, -0.15) is 4.99 Å². The zero-order valence-electron chi connectivity index (χ0n) is 15.7. The quantitative estimate of drug-likeness (QED) is 0.600. The molecule has 0 saturated heterocycles. The Hall–Kier alpha value is -1.93. The highest BCUT2D eigenvalue weighted by molar-refractivity contribution is 6.37. The number of methoxy groups -OCH3 is 2. The van der Waals surface area contributed by atoms with Gasteiger partial charge < -0.3 is 25.5 Å². The first kappa shape index (κ1) is 21.4. The number of nitrogens with zero attached hydrogens (tertiary/aromatic N) is 2. The van der Waals surface area contributed by atoms with Gasteiger partial charge in [0.15, 0.2) is 0 Å². The summed E-state index contributed by atoms with van der Waals surface area (Å²) in [6, 6.07) is 5.05. The minimum atomic E-state index is -0.0953. The van der Waals surface area contributed by atoms with E-state index in [0.29, 0.717) is 57.7 Å². The number of amidine groups is 1. The van der Waals surface area contributed by atoms with Crippen LogP contribution in [0.25, 0.3) is 5.57 Å². The largest absolute Gasteiger partial charge is 0.382 e. The van der Waals surface area contributed by atoms with Gasteiger partial charge in [0.1, 0.15) is 11.7 Å². The molecular weight excluding hydrogens is 389 g/mol. The average molecular weight is 412 g/mol. The Balaban J connectivity index is 2.40. The lowest BCUT2D eigenvalue weighted by molar-refractivity contribution is 0.111. The van der Waals surface area contributed by atoms with E-state index >= 15 is 0 Å². The Bertz CT molecular complexity index is 799. The van der Waals surface area contributed by atoms with Gasteiger partial charge in [-0.3, -0.25) is 0 Å². The van der Waals surface area contributed by atoms with E-state index in [1.54, 1.807) is 46.3 Å². The summed E-state index contributed by atoms with van der Waals surface area (Å²) in [4.78, 5) is 8.84. The Morgan fingerprint density at radius 3 is 2.44 bits per heavy atom. The maximum atomic E-state index is 8.22. The smallest absolute Gasteiger partial charge is 0.203 e. The first-order valence-electron chi connectivity index (χ1n) is 8.26. The minimum absolute atomic E-state index is 0.0953. The van der Waals surface area contributed by atoms with Gasteiger partial charge in [0.05, 0.1) is 24.3 Å². The summed E-state index contributed by atoms with van der Waals surface area (Å²) in [6.07, 6.45) is 0. The van der Waals surface area contributed by atoms with Crippen LogP contribution in [0.15, 0.2) is 34.0 Å². The summed E-state index contributed by atoms with van der Waals surface area (Å²) in [6.45, 7) is 4.36. The number of allylic oxidation sites excluding steroid dienone is 1. The summed E-state index contributed by atoms with van der Waals surface area (Å²) in [5.41, 5.74) is 1.55. The van der Waals surface area contributed by atoms with E-state index in [1.165, 1.54) is 0 Å². The molecule has 1 aliphatic heterocycles. The normalized spacial score (nSPS) is 15.8. The molecule has 1 aromatic rings. The van der Waals surface area contributed by atoms with Crippen molar-refractivity contribution in [2.45, 2.75) is 19.9 Å². The van der Waals surface area contributed by atoms with Crippen LogP contribution in [0.5, 0.6) is 0 Å². The topological polar surface area (TPSA) is 91.1 Å². The predicted octanol–water partition coefficient (Wildman–Crippen LogP) is 3.33. The van der Waals surface area contributed by atoms with E-state index in [0.717, 1.165) is 0 Å². The second-order valence-electron chi connectivity index (χ2n) is 5.97. The van der Waals surface area contributed by atoms with Crippen molar-refractivity contribution in [2.75, 3.05) is 27.4 Å². The lowest BCUT2D eigenvalue weighted by atomic mass is 10.0. The van der Waals surface area contributed by atoms with Gasteiger partial charge in [0, 0.05) is 36.1 Å². The second kappa shape index (κ2) is 9.85. The molecular formula is C18H23Cl2N5O2. The van der Waals surface area contributed by atoms with Crippen LogP contribution < -0.4 is 10.6 Å². The number of ether oxygens (including phenoxy) is 2. The number of rotatable bonds is 7. The van der Waals surface area contributed by atoms with E-state index in [2.05, 4.69) is 20.6 Å². The number of hydrogen-bond donors (Lipinski definition) is 3. The molecule has 1 aliphatic rings. The Morgan fingerprint density at radius 2 is 1.89 bits per heavy atom. The maximum Gasteiger partial charge on any atom is 0.203 e. The molecule has 0 aliphatic carbocycles. The molecule has 27 heavy (non-hydrogen) atoms. The van der Waals surface area contributed by atoms with Crippen molar-refractivity contribution < 1.29 is 9.47 Å². The molecule has 0 radical (unpaired) electrons. The van der Waals surface area contributed by atoms with Gasteiger partial charge in [-0.15, -0.1) is 0 Å². The summed E-state index contributed by atoms with van der Waals surface area (Å²) in [5, 5.41) is 15.6. The summed E-state index contributed by atoms with van der Waals surface area (Å²) >= 11 is 12.4. The number of guanidine groups is 1. The van der Waals surface area contributed by atoms with Crippen LogP contribution in [0.2, 0.25) is 10.0 Å². The minimum Gasteiger partial charge on any atom is -0.382 e. The van der Waals surface area contributed by atoms with Crippen LogP contribution in [0.4, 0.5) is 0 Å². The Morgan fingerprint density at radius 1 is 1.22 bits per heavy atom. The molecule has 146 valence electrons.